The number of aromatic nitrogens is 2. The molecule has 1 heterocycles. The van der Waals surface area contributed by atoms with E-state index in [1.807, 2.05) is 12.1 Å². The van der Waals surface area contributed by atoms with Gasteiger partial charge in [-0.1, -0.05) is 24.3 Å². The van der Waals surface area contributed by atoms with Crippen molar-refractivity contribution in [2.75, 3.05) is 30.0 Å². The maximum atomic E-state index is 14.3. The lowest BCUT2D eigenvalue weighted by Crippen LogP contribution is -2.27. The number of hydrogen-bond acceptors (Lipinski definition) is 8. The summed E-state index contributed by atoms with van der Waals surface area (Å²) in [7, 11) is -5.24. The molecule has 0 aliphatic rings. The molecule has 0 saturated carbocycles. The molecule has 1 aromatic heterocycles. The Balaban J connectivity index is 1.62. The van der Waals surface area contributed by atoms with Gasteiger partial charge < -0.3 is 10.6 Å². The summed E-state index contributed by atoms with van der Waals surface area (Å²) in [5.74, 6) is -0.616. The van der Waals surface area contributed by atoms with Crippen LogP contribution in [0.25, 0.3) is 0 Å². The average molecular weight is 523 g/mol. The molecule has 0 atom stereocenters. The number of nitrogens with one attached hydrogen (secondary N) is 4. The SMILES string of the molecule is CCS(=O)(=O)NCCc1ccc(Nc2nc(Nc3ccc(CS(=O)(=O)NC)cc3)ncc2F)cc1. The molecule has 0 fully saturated rings. The predicted molar refractivity (Wildman–Crippen MR) is 134 cm³/mol. The third-order valence-corrected chi connectivity index (χ3v) is 7.69. The van der Waals surface area contributed by atoms with E-state index in [9.17, 15) is 21.2 Å². The van der Waals surface area contributed by atoms with Gasteiger partial charge >= 0.3 is 0 Å². The van der Waals surface area contributed by atoms with E-state index in [1.165, 1.54) is 7.05 Å². The summed E-state index contributed by atoms with van der Waals surface area (Å²) in [6, 6.07) is 13.8. The lowest BCUT2D eigenvalue weighted by molar-refractivity contribution is 0.582. The van der Waals surface area contributed by atoms with Crippen molar-refractivity contribution in [2.45, 2.75) is 19.1 Å². The number of benzene rings is 2. The number of rotatable bonds is 12. The monoisotopic (exact) mass is 522 g/mol. The number of sulfonamides is 2. The van der Waals surface area contributed by atoms with Crippen molar-refractivity contribution in [2.24, 2.45) is 0 Å². The molecular formula is C22H27FN6O4S2. The lowest BCUT2D eigenvalue weighted by atomic mass is 10.1. The van der Waals surface area contributed by atoms with Crippen LogP contribution in [0.4, 0.5) is 27.5 Å². The Bertz CT molecular complexity index is 1350. The fraction of sp³-hybridized carbons (Fsp3) is 0.273. The van der Waals surface area contributed by atoms with Crippen LogP contribution in [0.15, 0.2) is 54.7 Å². The largest absolute Gasteiger partial charge is 0.338 e. The molecule has 0 aliphatic carbocycles. The third kappa shape index (κ3) is 8.24. The van der Waals surface area contributed by atoms with Crippen molar-refractivity contribution in [1.29, 1.82) is 0 Å². The van der Waals surface area contributed by atoms with Crippen LogP contribution in [0.2, 0.25) is 0 Å². The van der Waals surface area contributed by atoms with Gasteiger partial charge in [0.25, 0.3) is 0 Å². The molecule has 0 bridgehead atoms. The Morgan fingerprint density at radius 2 is 1.46 bits per heavy atom. The Morgan fingerprint density at radius 3 is 2.06 bits per heavy atom. The van der Waals surface area contributed by atoms with E-state index in [1.54, 1.807) is 43.3 Å². The van der Waals surface area contributed by atoms with Gasteiger partial charge in [0, 0.05) is 17.9 Å². The fourth-order valence-corrected chi connectivity index (χ4v) is 4.36. The van der Waals surface area contributed by atoms with Crippen LogP contribution in [0.5, 0.6) is 0 Å². The fourth-order valence-electron chi connectivity index (χ4n) is 2.96. The van der Waals surface area contributed by atoms with Crippen LogP contribution in [-0.4, -0.2) is 46.1 Å². The lowest BCUT2D eigenvalue weighted by Gasteiger charge is -2.11. The Morgan fingerprint density at radius 1 is 0.857 bits per heavy atom. The first kappa shape index (κ1) is 26.5. The molecule has 3 rings (SSSR count). The van der Waals surface area contributed by atoms with Crippen molar-refractivity contribution < 1.29 is 21.2 Å². The summed E-state index contributed by atoms with van der Waals surface area (Å²) in [6.45, 7) is 1.87. The molecule has 13 heteroatoms. The Kier molecular flexibility index (Phi) is 8.72. The Labute approximate surface area is 204 Å². The zero-order chi connectivity index (χ0) is 25.5. The van der Waals surface area contributed by atoms with Crippen molar-refractivity contribution >= 4 is 43.2 Å². The van der Waals surface area contributed by atoms with E-state index in [0.29, 0.717) is 29.9 Å². The second kappa shape index (κ2) is 11.5. The van der Waals surface area contributed by atoms with Crippen molar-refractivity contribution in [3.63, 3.8) is 0 Å². The molecule has 10 nitrogen and oxygen atoms in total. The highest BCUT2D eigenvalue weighted by molar-refractivity contribution is 7.89. The van der Waals surface area contributed by atoms with Crippen molar-refractivity contribution in [1.82, 2.24) is 19.4 Å². The van der Waals surface area contributed by atoms with Crippen molar-refractivity contribution in [3.05, 3.63) is 71.7 Å². The molecule has 0 radical (unpaired) electrons. The third-order valence-electron chi connectivity index (χ3n) is 4.95. The second-order valence-electron chi connectivity index (χ2n) is 7.54. The van der Waals surface area contributed by atoms with Crippen molar-refractivity contribution in [3.8, 4) is 0 Å². The first-order valence-corrected chi connectivity index (χ1v) is 14.0. The van der Waals surface area contributed by atoms with Gasteiger partial charge in [0.2, 0.25) is 26.0 Å². The summed E-state index contributed by atoms with van der Waals surface area (Å²) in [4.78, 5) is 8.12. The van der Waals surface area contributed by atoms with Gasteiger partial charge in [-0.2, -0.15) is 4.98 Å². The van der Waals surface area contributed by atoms with Crippen LogP contribution >= 0.6 is 0 Å². The molecule has 188 valence electrons. The molecule has 3 aromatic rings. The van der Waals surface area contributed by atoms with E-state index < -0.39 is 25.9 Å². The smallest absolute Gasteiger partial charge is 0.229 e. The van der Waals surface area contributed by atoms with Crippen LogP contribution < -0.4 is 20.1 Å². The molecule has 0 amide bonds. The maximum absolute atomic E-state index is 14.3. The second-order valence-corrected chi connectivity index (χ2v) is 11.6. The number of halogens is 1. The van der Waals surface area contributed by atoms with Crippen LogP contribution in [0.3, 0.4) is 0 Å². The van der Waals surface area contributed by atoms with E-state index in [4.69, 9.17) is 0 Å². The minimum Gasteiger partial charge on any atom is -0.338 e. The van der Waals surface area contributed by atoms with Gasteiger partial charge in [-0.25, -0.2) is 35.7 Å². The van der Waals surface area contributed by atoms with E-state index in [2.05, 4.69) is 30.0 Å². The minimum absolute atomic E-state index is 0.0253. The molecule has 0 aliphatic heterocycles. The summed E-state index contributed by atoms with van der Waals surface area (Å²) >= 11 is 0. The van der Waals surface area contributed by atoms with Crippen LogP contribution in [0.1, 0.15) is 18.1 Å². The van der Waals surface area contributed by atoms with Gasteiger partial charge in [0.05, 0.1) is 17.7 Å². The van der Waals surface area contributed by atoms with Gasteiger partial charge in [-0.3, -0.25) is 0 Å². The molecule has 0 unspecified atom stereocenters. The normalized spacial score (nSPS) is 11.9. The van der Waals surface area contributed by atoms with Crippen LogP contribution in [-0.2, 0) is 32.2 Å². The summed E-state index contributed by atoms with van der Waals surface area (Å²) < 4.78 is 65.4. The highest BCUT2D eigenvalue weighted by Crippen LogP contribution is 2.21. The molecule has 0 spiro atoms. The summed E-state index contributed by atoms with van der Waals surface area (Å²) in [5, 5.41) is 5.87. The molecule has 0 saturated heterocycles. The number of anilines is 4. The standard InChI is InChI=1S/C22H27FN6O4S2/c1-3-34(30,31)26-13-12-16-4-8-18(9-5-16)27-21-20(23)14-25-22(29-21)28-19-10-6-17(7-11-19)15-35(32,33)24-2/h4-11,14,24,26H,3,12-13,15H2,1-2H3,(H2,25,27,28,29). The molecular weight excluding hydrogens is 495 g/mol. The zero-order valence-electron chi connectivity index (χ0n) is 19.2. The van der Waals surface area contributed by atoms with Gasteiger partial charge in [-0.05, 0) is 55.8 Å². The average Bonchev–Trinajstić information content (AvgIpc) is 2.83. The van der Waals surface area contributed by atoms with Gasteiger partial charge in [0.15, 0.2) is 11.6 Å². The summed E-state index contributed by atoms with van der Waals surface area (Å²) in [6.07, 6.45) is 1.56. The predicted octanol–water partition coefficient (Wildman–Crippen LogP) is 2.63. The topological polar surface area (TPSA) is 142 Å². The van der Waals surface area contributed by atoms with Gasteiger partial charge in [0.1, 0.15) is 0 Å². The van der Waals surface area contributed by atoms with Gasteiger partial charge in [-0.15, -0.1) is 0 Å². The minimum atomic E-state index is -3.37. The van der Waals surface area contributed by atoms with E-state index >= 15 is 0 Å². The van der Waals surface area contributed by atoms with Crippen LogP contribution in [0, 0.1) is 5.82 Å². The van der Waals surface area contributed by atoms with E-state index in [0.717, 1.165) is 11.8 Å². The highest BCUT2D eigenvalue weighted by Gasteiger charge is 2.11. The Hall–Kier alpha value is -3.13. The molecule has 4 N–H and O–H groups in total. The first-order valence-electron chi connectivity index (χ1n) is 10.7. The highest BCUT2D eigenvalue weighted by atomic mass is 32.2. The first-order chi connectivity index (χ1) is 16.6. The summed E-state index contributed by atoms with van der Waals surface area (Å²) in [5.41, 5.74) is 2.74. The zero-order valence-corrected chi connectivity index (χ0v) is 20.9. The quantitative estimate of drug-likeness (QED) is 0.284. The van der Waals surface area contributed by atoms with E-state index in [-0.39, 0.29) is 23.3 Å². The molecule has 35 heavy (non-hydrogen) atoms. The molecule has 2 aromatic carbocycles. The number of hydrogen-bond donors (Lipinski definition) is 4. The number of nitrogens with zero attached hydrogens (tertiary/aromatic N) is 2. The maximum Gasteiger partial charge on any atom is 0.229 e.